The van der Waals surface area contributed by atoms with Gasteiger partial charge in [-0.2, -0.15) is 0 Å². The van der Waals surface area contributed by atoms with E-state index in [0.717, 1.165) is 13.1 Å². The molecule has 3 heteroatoms. The molecule has 1 unspecified atom stereocenters. The first kappa shape index (κ1) is 14.5. The maximum absolute atomic E-state index is 6.98. The lowest BCUT2D eigenvalue weighted by atomic mass is 10.2. The third-order valence-corrected chi connectivity index (χ3v) is 12.0. The average Bonchev–Trinajstić information content (AvgIpc) is 2.03. The molecule has 0 rings (SSSR count). The van der Waals surface area contributed by atoms with E-state index in [-0.39, 0.29) is 5.04 Å². The van der Waals surface area contributed by atoms with Gasteiger partial charge < -0.3 is 4.57 Å². The minimum atomic E-state index is -1.85. The van der Waals surface area contributed by atoms with E-state index in [2.05, 4.69) is 53.0 Å². The zero-order valence-electron chi connectivity index (χ0n) is 10.8. The van der Waals surface area contributed by atoms with Crippen molar-refractivity contribution in [3.8, 4) is 0 Å². The maximum Gasteiger partial charge on any atom is 0.237 e. The molecule has 0 spiro atoms. The number of hydrogen-bond acceptors (Lipinski definition) is 1. The number of hydrogen-bond donors (Lipinski definition) is 0. The summed E-state index contributed by atoms with van der Waals surface area (Å²) in [5, 5.41) is 0.231. The molecule has 0 fully saturated rings. The molecule has 0 heterocycles. The first-order chi connectivity index (χ1) is 6.21. The predicted molar refractivity (Wildman–Crippen MR) is 69.3 cm³/mol. The minimum Gasteiger partial charge on any atom is -0.312 e. The summed E-state index contributed by atoms with van der Waals surface area (Å²) >= 11 is 6.98. The van der Waals surface area contributed by atoms with Gasteiger partial charge in [-0.3, -0.25) is 0 Å². The first-order valence-corrected chi connectivity index (χ1v) is 8.69. The molecule has 86 valence electrons. The molecule has 0 aliphatic carbocycles. The van der Waals surface area contributed by atoms with Crippen molar-refractivity contribution < 1.29 is 0 Å². The third-order valence-electron chi connectivity index (χ3n) is 3.04. The Morgan fingerprint density at radius 1 is 1.14 bits per heavy atom. The normalized spacial score (nSPS) is 17.6. The summed E-state index contributed by atoms with van der Waals surface area (Å²) in [5.74, 6) is 0. The molecule has 14 heavy (non-hydrogen) atoms. The van der Waals surface area contributed by atoms with E-state index in [1.54, 1.807) is 0 Å². The van der Waals surface area contributed by atoms with Crippen molar-refractivity contribution in [3.05, 3.63) is 0 Å². The monoisotopic (exact) mass is 235 g/mol. The average molecular weight is 236 g/mol. The molecule has 1 nitrogen and oxygen atoms in total. The van der Waals surface area contributed by atoms with Crippen molar-refractivity contribution in [1.82, 2.24) is 4.57 Å². The van der Waals surface area contributed by atoms with E-state index in [9.17, 15) is 0 Å². The Hall–Kier alpha value is 0.467. The SMILES string of the molecule is CCN(CC)[Si](Cl)(C(C)C)C(C)(C)C. The number of halogens is 1. The van der Waals surface area contributed by atoms with E-state index in [0.29, 0.717) is 5.54 Å². The summed E-state index contributed by atoms with van der Waals surface area (Å²) in [7, 11) is -1.85. The molecule has 1 atom stereocenters. The number of rotatable bonds is 4. The highest BCUT2D eigenvalue weighted by atomic mass is 35.6. The standard InChI is InChI=1S/C11H26ClNSi/c1-8-13(9-2)14(12,10(3)4)11(5,6)7/h10H,8-9H2,1-7H3. The largest absolute Gasteiger partial charge is 0.312 e. The van der Waals surface area contributed by atoms with Crippen molar-refractivity contribution in [2.45, 2.75) is 59.0 Å². The third kappa shape index (κ3) is 2.53. The highest BCUT2D eigenvalue weighted by Crippen LogP contribution is 2.47. The van der Waals surface area contributed by atoms with Gasteiger partial charge in [0.1, 0.15) is 0 Å². The second-order valence-corrected chi connectivity index (χ2v) is 11.6. The van der Waals surface area contributed by atoms with Gasteiger partial charge in [0, 0.05) is 0 Å². The predicted octanol–water partition coefficient (Wildman–Crippen LogP) is 4.22. The summed E-state index contributed by atoms with van der Waals surface area (Å²) in [6.07, 6.45) is 0. The van der Waals surface area contributed by atoms with Gasteiger partial charge in [-0.1, -0.05) is 48.5 Å². The fraction of sp³-hybridized carbons (Fsp3) is 1.00. The molecule has 0 aliphatic heterocycles. The zero-order chi connectivity index (χ0) is 11.6. The molecular weight excluding hydrogens is 210 g/mol. The molecule has 0 radical (unpaired) electrons. The fourth-order valence-corrected chi connectivity index (χ4v) is 7.44. The van der Waals surface area contributed by atoms with Gasteiger partial charge in [0.25, 0.3) is 0 Å². The Morgan fingerprint density at radius 2 is 1.50 bits per heavy atom. The number of nitrogens with zero attached hydrogens (tertiary/aromatic N) is 1. The van der Waals surface area contributed by atoms with Gasteiger partial charge in [-0.15, -0.1) is 11.1 Å². The Bertz CT molecular complexity index is 173. The van der Waals surface area contributed by atoms with Crippen molar-refractivity contribution in [3.63, 3.8) is 0 Å². The van der Waals surface area contributed by atoms with Crippen LogP contribution in [-0.4, -0.2) is 25.2 Å². The van der Waals surface area contributed by atoms with E-state index in [1.807, 2.05) is 0 Å². The van der Waals surface area contributed by atoms with Crippen LogP contribution in [0.1, 0.15) is 48.5 Å². The van der Waals surface area contributed by atoms with Crippen LogP contribution >= 0.6 is 11.1 Å². The lowest BCUT2D eigenvalue weighted by Crippen LogP contribution is -2.57. The van der Waals surface area contributed by atoms with Crippen LogP contribution < -0.4 is 0 Å². The molecule has 0 saturated carbocycles. The van der Waals surface area contributed by atoms with E-state index < -0.39 is 7.55 Å². The van der Waals surface area contributed by atoms with Crippen molar-refractivity contribution in [1.29, 1.82) is 0 Å². The fourth-order valence-electron chi connectivity index (χ4n) is 2.39. The van der Waals surface area contributed by atoms with Crippen LogP contribution in [0.15, 0.2) is 0 Å². The Balaban J connectivity index is 5.08. The van der Waals surface area contributed by atoms with Gasteiger partial charge in [-0.05, 0) is 23.7 Å². The van der Waals surface area contributed by atoms with Crippen LogP contribution in [0.25, 0.3) is 0 Å². The minimum absolute atomic E-state index is 0.231. The summed E-state index contributed by atoms with van der Waals surface area (Å²) in [4.78, 5) is 0. The Morgan fingerprint density at radius 3 is 1.57 bits per heavy atom. The molecule has 0 aromatic carbocycles. The smallest absolute Gasteiger partial charge is 0.237 e. The summed E-state index contributed by atoms with van der Waals surface area (Å²) in [6, 6.07) is 0. The van der Waals surface area contributed by atoms with Gasteiger partial charge in [0.05, 0.1) is 0 Å². The van der Waals surface area contributed by atoms with Gasteiger partial charge in [0.2, 0.25) is 7.55 Å². The lowest BCUT2D eigenvalue weighted by Gasteiger charge is -2.47. The second-order valence-electron chi connectivity index (χ2n) is 5.25. The zero-order valence-corrected chi connectivity index (χ0v) is 12.6. The quantitative estimate of drug-likeness (QED) is 0.521. The van der Waals surface area contributed by atoms with Gasteiger partial charge >= 0.3 is 0 Å². The van der Waals surface area contributed by atoms with Crippen LogP contribution in [0.4, 0.5) is 0 Å². The molecule has 0 aliphatic rings. The van der Waals surface area contributed by atoms with Crippen molar-refractivity contribution in [2.75, 3.05) is 13.1 Å². The molecular formula is C11H26ClNSi. The lowest BCUT2D eigenvalue weighted by molar-refractivity contribution is 0.433. The van der Waals surface area contributed by atoms with Crippen LogP contribution in [0.2, 0.25) is 10.6 Å². The second kappa shape index (κ2) is 5.00. The highest BCUT2D eigenvalue weighted by molar-refractivity contribution is 7.20. The Labute approximate surface area is 95.6 Å². The van der Waals surface area contributed by atoms with Crippen molar-refractivity contribution in [2.24, 2.45) is 0 Å². The highest BCUT2D eigenvalue weighted by Gasteiger charge is 2.50. The van der Waals surface area contributed by atoms with Crippen LogP contribution in [0, 0.1) is 0 Å². The molecule has 0 amide bonds. The van der Waals surface area contributed by atoms with Crippen molar-refractivity contribution >= 4 is 18.6 Å². The summed E-state index contributed by atoms with van der Waals surface area (Å²) in [5.41, 5.74) is 0.587. The van der Waals surface area contributed by atoms with Gasteiger partial charge in [0.15, 0.2) is 0 Å². The molecule has 0 saturated heterocycles. The molecule has 0 bridgehead atoms. The molecule has 0 N–H and O–H groups in total. The van der Waals surface area contributed by atoms with Gasteiger partial charge in [-0.25, -0.2) is 0 Å². The van der Waals surface area contributed by atoms with Crippen LogP contribution in [0.5, 0.6) is 0 Å². The van der Waals surface area contributed by atoms with Crippen LogP contribution in [-0.2, 0) is 0 Å². The Kier molecular flexibility index (Phi) is 5.16. The summed E-state index contributed by atoms with van der Waals surface area (Å²) in [6.45, 7) is 17.9. The first-order valence-electron chi connectivity index (χ1n) is 5.65. The summed E-state index contributed by atoms with van der Waals surface area (Å²) < 4.78 is 2.50. The van der Waals surface area contributed by atoms with E-state index >= 15 is 0 Å². The van der Waals surface area contributed by atoms with Crippen LogP contribution in [0.3, 0.4) is 0 Å². The van der Waals surface area contributed by atoms with E-state index in [4.69, 9.17) is 11.1 Å². The molecule has 0 aromatic heterocycles. The topological polar surface area (TPSA) is 3.24 Å². The molecule has 0 aromatic rings. The van der Waals surface area contributed by atoms with E-state index in [1.165, 1.54) is 0 Å². The maximum atomic E-state index is 6.98.